The molecular weight excluding hydrogens is 181 g/mol. The Bertz CT molecular complexity index is 295. The van der Waals surface area contributed by atoms with Gasteiger partial charge in [-0.1, -0.05) is 24.3 Å². The zero-order valence-electron chi connectivity index (χ0n) is 10.7. The highest BCUT2D eigenvalue weighted by atomic mass is 15.0. The molecule has 0 radical (unpaired) electrons. The summed E-state index contributed by atoms with van der Waals surface area (Å²) in [5, 5.41) is 0. The van der Waals surface area contributed by atoms with Gasteiger partial charge in [0, 0.05) is 12.7 Å². The fourth-order valence-electron chi connectivity index (χ4n) is 1.61. The van der Waals surface area contributed by atoms with E-state index in [-0.39, 0.29) is 6.15 Å². The quantitative estimate of drug-likeness (QED) is 0.680. The summed E-state index contributed by atoms with van der Waals surface area (Å²) in [6, 6.07) is 9.10. The van der Waals surface area contributed by atoms with Crippen molar-refractivity contribution in [3.63, 3.8) is 0 Å². The van der Waals surface area contributed by atoms with Crippen molar-refractivity contribution >= 4 is 11.6 Å². The molecule has 0 amide bonds. The molecule has 0 bridgehead atoms. The minimum Gasteiger partial charge on any atom is -0.309 e. The first-order valence-electron chi connectivity index (χ1n) is 5.91. The van der Waals surface area contributed by atoms with Gasteiger partial charge in [-0.25, -0.2) is 5.46 Å². The molecule has 0 heterocycles. The van der Waals surface area contributed by atoms with Crippen LogP contribution in [0.4, 0.5) is 0 Å². The van der Waals surface area contributed by atoms with Gasteiger partial charge >= 0.3 is 0 Å². The van der Waals surface area contributed by atoms with Gasteiger partial charge in [0.2, 0.25) is 0 Å². The van der Waals surface area contributed by atoms with E-state index >= 15 is 0 Å². The maximum absolute atomic E-state index is 2.31. The number of nitrogens with zero attached hydrogens (tertiary/aromatic N) is 1. The molecule has 0 unspecified atom stereocenters. The van der Waals surface area contributed by atoms with E-state index in [0.717, 1.165) is 13.0 Å². The Labute approximate surface area is 94.4 Å². The van der Waals surface area contributed by atoms with Crippen LogP contribution in [0, 0.1) is 0 Å². The monoisotopic (exact) mass is 204 g/mol. The van der Waals surface area contributed by atoms with E-state index < -0.39 is 0 Å². The van der Waals surface area contributed by atoms with Crippen molar-refractivity contribution in [1.82, 2.24) is 4.90 Å². The van der Waals surface area contributed by atoms with E-state index in [1.54, 1.807) is 0 Å². The minimum atomic E-state index is -0.355. The minimum absolute atomic E-state index is 0.355. The molecule has 1 nitrogen and oxygen atoms in total. The second kappa shape index (κ2) is 4.85. The molecule has 15 heavy (non-hydrogen) atoms. The summed E-state index contributed by atoms with van der Waals surface area (Å²) in [4.78, 5) is 2.22. The van der Waals surface area contributed by atoms with Crippen LogP contribution >= 0.6 is 0 Å². The SMILES string of the molecule is CN(C)CCc1ccc([B-](C)(C)C)cc1. The third-order valence-corrected chi connectivity index (χ3v) is 2.83. The number of hydrogen-bond acceptors (Lipinski definition) is 1. The third-order valence-electron chi connectivity index (χ3n) is 2.83. The molecule has 0 spiro atoms. The summed E-state index contributed by atoms with van der Waals surface area (Å²) in [6.07, 6.45) is 0.788. The van der Waals surface area contributed by atoms with Crippen LogP contribution in [0.1, 0.15) is 5.56 Å². The van der Waals surface area contributed by atoms with Crippen LogP contribution in [-0.4, -0.2) is 31.7 Å². The summed E-state index contributed by atoms with van der Waals surface area (Å²) in [5.74, 6) is 0. The molecule has 0 aromatic heterocycles. The Morgan fingerprint density at radius 2 is 1.53 bits per heavy atom. The van der Waals surface area contributed by atoms with E-state index in [9.17, 15) is 0 Å². The van der Waals surface area contributed by atoms with Crippen LogP contribution < -0.4 is 5.46 Å². The molecule has 0 aliphatic heterocycles. The lowest BCUT2D eigenvalue weighted by Crippen LogP contribution is -2.37. The van der Waals surface area contributed by atoms with Crippen LogP contribution in [0.2, 0.25) is 20.5 Å². The Balaban J connectivity index is 2.65. The van der Waals surface area contributed by atoms with Crippen molar-refractivity contribution < 1.29 is 0 Å². The smallest absolute Gasteiger partial charge is 0.0187 e. The standard InChI is InChI=1S/C13H23BN/c1-14(2,3)13-8-6-12(7-9-13)10-11-15(4)5/h6-9H,10-11H2,1-5H3/q-1. The van der Waals surface area contributed by atoms with Gasteiger partial charge in [-0.2, -0.15) is 20.5 Å². The van der Waals surface area contributed by atoms with Crippen molar-refractivity contribution in [2.24, 2.45) is 0 Å². The van der Waals surface area contributed by atoms with Crippen LogP contribution in [-0.2, 0) is 6.42 Å². The van der Waals surface area contributed by atoms with Gasteiger partial charge < -0.3 is 4.90 Å². The normalized spacial score (nSPS) is 12.1. The summed E-state index contributed by atoms with van der Waals surface area (Å²) in [7, 11) is 4.24. The van der Waals surface area contributed by atoms with Crippen molar-refractivity contribution in [3.8, 4) is 0 Å². The summed E-state index contributed by atoms with van der Waals surface area (Å²) in [5.41, 5.74) is 2.91. The Hall–Kier alpha value is -0.755. The molecule has 0 aliphatic rings. The highest BCUT2D eigenvalue weighted by molar-refractivity contribution is 6.88. The van der Waals surface area contributed by atoms with E-state index in [0.29, 0.717) is 0 Å². The third kappa shape index (κ3) is 4.09. The van der Waals surface area contributed by atoms with Gasteiger partial charge in [0.25, 0.3) is 0 Å². The first kappa shape index (κ1) is 12.3. The van der Waals surface area contributed by atoms with Gasteiger partial charge in [0.15, 0.2) is 0 Å². The molecule has 2 heteroatoms. The number of rotatable bonds is 4. The summed E-state index contributed by atoms with van der Waals surface area (Å²) in [6.45, 7) is 8.07. The molecule has 0 aliphatic carbocycles. The lowest BCUT2D eigenvalue weighted by atomic mass is 9.27. The largest absolute Gasteiger partial charge is 0.309 e. The van der Waals surface area contributed by atoms with E-state index in [1.807, 2.05) is 0 Å². The van der Waals surface area contributed by atoms with Crippen LogP contribution in [0.25, 0.3) is 0 Å². The topological polar surface area (TPSA) is 3.24 Å². The van der Waals surface area contributed by atoms with Crippen LogP contribution in [0.5, 0.6) is 0 Å². The van der Waals surface area contributed by atoms with Gasteiger partial charge in [0.05, 0.1) is 0 Å². The fourth-order valence-corrected chi connectivity index (χ4v) is 1.61. The van der Waals surface area contributed by atoms with Gasteiger partial charge in [0.1, 0.15) is 0 Å². The van der Waals surface area contributed by atoms with E-state index in [4.69, 9.17) is 0 Å². The van der Waals surface area contributed by atoms with Crippen molar-refractivity contribution in [2.45, 2.75) is 26.9 Å². The van der Waals surface area contributed by atoms with E-state index in [1.165, 1.54) is 11.0 Å². The lowest BCUT2D eigenvalue weighted by Gasteiger charge is -2.25. The zero-order chi connectivity index (χ0) is 11.5. The maximum Gasteiger partial charge on any atom is 0.0187 e. The summed E-state index contributed by atoms with van der Waals surface area (Å²) < 4.78 is 0. The molecule has 1 aromatic rings. The molecule has 84 valence electrons. The maximum atomic E-state index is 2.31. The first-order chi connectivity index (χ1) is 6.89. The Morgan fingerprint density at radius 1 is 1.00 bits per heavy atom. The average molecular weight is 204 g/mol. The highest BCUT2D eigenvalue weighted by Crippen LogP contribution is 2.05. The molecule has 0 atom stereocenters. The van der Waals surface area contributed by atoms with Gasteiger partial charge in [-0.05, 0) is 26.1 Å². The second-order valence-corrected chi connectivity index (χ2v) is 5.89. The Morgan fingerprint density at radius 3 is 1.93 bits per heavy atom. The van der Waals surface area contributed by atoms with Crippen molar-refractivity contribution in [2.75, 3.05) is 20.6 Å². The van der Waals surface area contributed by atoms with Crippen molar-refractivity contribution in [1.29, 1.82) is 0 Å². The number of benzene rings is 1. The summed E-state index contributed by atoms with van der Waals surface area (Å²) >= 11 is 0. The van der Waals surface area contributed by atoms with Crippen LogP contribution in [0.3, 0.4) is 0 Å². The van der Waals surface area contributed by atoms with Gasteiger partial charge in [-0.3, -0.25) is 0 Å². The first-order valence-corrected chi connectivity index (χ1v) is 5.91. The molecule has 0 N–H and O–H groups in total. The lowest BCUT2D eigenvalue weighted by molar-refractivity contribution is 0.413. The average Bonchev–Trinajstić information content (AvgIpc) is 2.14. The number of likely N-dealkylation sites (N-methyl/N-ethyl adjacent to an activating group) is 1. The van der Waals surface area contributed by atoms with E-state index in [2.05, 4.69) is 63.7 Å². The second-order valence-electron chi connectivity index (χ2n) is 5.89. The predicted molar refractivity (Wildman–Crippen MR) is 71.7 cm³/mol. The van der Waals surface area contributed by atoms with Crippen molar-refractivity contribution in [3.05, 3.63) is 29.8 Å². The van der Waals surface area contributed by atoms with Crippen LogP contribution in [0.15, 0.2) is 24.3 Å². The highest BCUT2D eigenvalue weighted by Gasteiger charge is 2.07. The fraction of sp³-hybridized carbons (Fsp3) is 0.538. The zero-order valence-corrected chi connectivity index (χ0v) is 10.7. The molecule has 1 rings (SSSR count). The molecular formula is C13H23BN-. The Kier molecular flexibility index (Phi) is 3.98. The number of hydrogen-bond donors (Lipinski definition) is 0. The molecule has 0 saturated heterocycles. The molecule has 1 aromatic carbocycles. The predicted octanol–water partition coefficient (Wildman–Crippen LogP) is 2.34. The van der Waals surface area contributed by atoms with Gasteiger partial charge in [-0.15, -0.1) is 0 Å². The molecule has 0 fully saturated rings. The molecule has 0 saturated carbocycles.